The number of primary amides is 1. The van der Waals surface area contributed by atoms with Gasteiger partial charge in [0.05, 0.1) is 19.0 Å². The number of phenols is 1. The number of para-hydroxylation sites is 1. The van der Waals surface area contributed by atoms with E-state index in [1.807, 2.05) is 0 Å². The third-order valence-corrected chi connectivity index (χ3v) is 18.2. The quantitative estimate of drug-likeness (QED) is 0.0208. The second-order valence-corrected chi connectivity index (χ2v) is 28.9. The van der Waals surface area contributed by atoms with Crippen LogP contribution in [0.5, 0.6) is 5.75 Å². The summed E-state index contributed by atoms with van der Waals surface area (Å²) in [6.07, 6.45) is -6.48. The fourth-order valence-corrected chi connectivity index (χ4v) is 11.9. The van der Waals surface area contributed by atoms with Gasteiger partial charge in [0.25, 0.3) is 5.97 Å². The third-order valence-electron chi connectivity index (χ3n) is 17.6. The number of carbonyl (C=O) groups excluding carboxylic acids is 13. The van der Waals surface area contributed by atoms with Gasteiger partial charge in [-0.25, -0.2) is 0 Å². The number of nitrogens with one attached hydrogen (secondary N) is 13. The largest absolute Gasteiger partial charge is 0.508 e. The number of carbonyl (C=O) groups is 20. The molecule has 0 spiro atoms. The Bertz CT molecular complexity index is 4280. The Kier molecular flexibility index (Phi) is 43.5. The normalized spacial score (nSPS) is 13.9. The summed E-state index contributed by atoms with van der Waals surface area (Å²) in [6.45, 7) is 4.72. The van der Waals surface area contributed by atoms with Gasteiger partial charge in [-0.15, -0.1) is 0 Å². The predicted molar refractivity (Wildman–Crippen MR) is 423 cm³/mol. The van der Waals surface area contributed by atoms with Gasteiger partial charge in [-0.3, -0.25) is 95.9 Å². The molecule has 0 aliphatic heterocycles. The molecule has 1 aromatic heterocycles. The number of aromatic nitrogens is 1. The number of carboxylic acids is 7. The first-order valence-electron chi connectivity index (χ1n) is 37.5. The van der Waals surface area contributed by atoms with E-state index < -0.39 is 275 Å². The molecule has 0 saturated heterocycles. The van der Waals surface area contributed by atoms with E-state index in [-0.39, 0.29) is 43.1 Å². The van der Waals surface area contributed by atoms with Crippen molar-refractivity contribution < 1.29 is 137 Å². The number of amides is 13. The Labute approximate surface area is 690 Å². The number of benzene rings is 3. The molecule has 0 bridgehead atoms. The number of nitrogens with two attached hydrogens (primary N) is 2. The average molecular weight is 1710 g/mol. The van der Waals surface area contributed by atoms with Gasteiger partial charge in [0, 0.05) is 75.4 Å². The molecule has 0 fully saturated rings. The van der Waals surface area contributed by atoms with Crippen LogP contribution in [0.25, 0.3) is 10.9 Å². The third kappa shape index (κ3) is 38.6. The monoisotopic (exact) mass is 1710 g/mol. The van der Waals surface area contributed by atoms with Crippen LogP contribution in [-0.4, -0.2) is 255 Å². The van der Waals surface area contributed by atoms with Gasteiger partial charge in [0.15, 0.2) is 0 Å². The lowest BCUT2D eigenvalue weighted by molar-refractivity contribution is -0.141. The number of aliphatic carboxylic acids is 7. The minimum absolute atomic E-state index is 0.0928. The lowest BCUT2D eigenvalue weighted by atomic mass is 10.0. The van der Waals surface area contributed by atoms with Crippen molar-refractivity contribution in [3.05, 3.63) is 102 Å². The molecule has 656 valence electrons. The Morgan fingerprint density at radius 2 is 0.758 bits per heavy atom. The number of hydrogen-bond acceptors (Lipinski definition) is 23. The summed E-state index contributed by atoms with van der Waals surface area (Å²) in [5.41, 5.74) is 13.5. The summed E-state index contributed by atoms with van der Waals surface area (Å²) in [5, 5.41) is 104. The van der Waals surface area contributed by atoms with Crippen molar-refractivity contribution in [3.63, 3.8) is 0 Å². The number of rotatable bonds is 53. The molecule has 120 heavy (non-hydrogen) atoms. The Morgan fingerprint density at radius 3 is 1.18 bits per heavy atom. The van der Waals surface area contributed by atoms with E-state index in [0.29, 0.717) is 27.6 Å². The van der Waals surface area contributed by atoms with E-state index in [1.165, 1.54) is 36.0 Å². The second kappa shape index (κ2) is 51.7. The van der Waals surface area contributed by atoms with Gasteiger partial charge in [0.1, 0.15) is 72.2 Å². The molecule has 1 heterocycles. The first-order chi connectivity index (χ1) is 56.5. The zero-order chi connectivity index (χ0) is 90.0. The molecule has 4 rings (SSSR count). The van der Waals surface area contributed by atoms with Crippen LogP contribution in [0.2, 0.25) is 0 Å². The highest BCUT2D eigenvalue weighted by Crippen LogP contribution is 2.21. The molecule has 44 heteroatoms. The highest BCUT2D eigenvalue weighted by atomic mass is 32.2. The molecule has 0 radical (unpaired) electrons. The minimum Gasteiger partial charge on any atom is -0.508 e. The van der Waals surface area contributed by atoms with E-state index in [0.717, 1.165) is 13.8 Å². The minimum atomic E-state index is -2.04. The maximum absolute atomic E-state index is 14.6. The van der Waals surface area contributed by atoms with Crippen LogP contribution in [0.4, 0.5) is 0 Å². The van der Waals surface area contributed by atoms with Gasteiger partial charge in [0.2, 0.25) is 76.8 Å². The van der Waals surface area contributed by atoms with Crippen LogP contribution < -0.4 is 75.3 Å². The summed E-state index contributed by atoms with van der Waals surface area (Å²) in [4.78, 5) is 264. The maximum atomic E-state index is 14.6. The second-order valence-electron chi connectivity index (χ2n) is 27.9. The summed E-state index contributed by atoms with van der Waals surface area (Å²) < 4.78 is 0. The number of carboxylic acid groups (broad SMARTS) is 7. The number of H-pyrrole nitrogens is 1. The number of phenolic OH excluding ortho intramolecular Hbond substituents is 1. The van der Waals surface area contributed by atoms with Crippen molar-refractivity contribution in [2.24, 2.45) is 17.4 Å². The van der Waals surface area contributed by atoms with Crippen LogP contribution in [0.3, 0.4) is 0 Å². The fraction of sp³-hybridized carbons (Fsp3) is 0.474. The highest BCUT2D eigenvalue weighted by molar-refractivity contribution is 7.98. The van der Waals surface area contributed by atoms with E-state index in [4.69, 9.17) is 21.4 Å². The summed E-state index contributed by atoms with van der Waals surface area (Å²) in [5.74, 6) is -25.0. The van der Waals surface area contributed by atoms with Crippen molar-refractivity contribution in [3.8, 4) is 5.75 Å². The summed E-state index contributed by atoms with van der Waals surface area (Å²) in [7, 11) is 0. The van der Waals surface area contributed by atoms with E-state index >= 15 is 0 Å². The summed E-state index contributed by atoms with van der Waals surface area (Å²) >= 11 is 1.25. The molecular formula is C76H103N15O28S. The van der Waals surface area contributed by atoms with Crippen molar-refractivity contribution in [2.45, 2.75) is 203 Å². The number of thioether (sulfide) groups is 1. The first-order valence-corrected chi connectivity index (χ1v) is 38.9. The standard InChI is InChI=1S/C74H99N15O26S.C2H4O2/c1-37(2)30-44(75)65(106)81-47(19-24-58(94)95)68(109)83-49(21-26-60(98)99)70(111)85-50(22-27-61(100)101)71(112)84-48(20-25-59(96)97)69(110)82-46(18-23-57(92)93)67(108)79-38(3)64(105)88-53(32-40-14-16-42(90)17-15-40)66(107)78-36-56(91)80-54(33-41-35-77-45-13-9-8-12-43(41)45)73(114)86-51(28-29-116-4)72(113)89-55(34-62(102)103)74(115)87-52(63(76)104)31-39-10-6-5-7-11-39;1-2(3)4/h5-17,35,37-38,44,46-55,77,90H,18-34,36,75H2,1-4H3,(H2,76,104)(H,78,107)(H,79,108)(H,80,91)(H,81,106)(H,82,110)(H,83,109)(H,84,112)(H,85,111)(H,86,114)(H,87,115)(H,88,105)(H,89,113)(H,92,93)(H,94,95)(H,96,97)(H,98,99)(H,100,101)(H,102,103);1H3,(H,3,4)/t38-,44-,46-,47-,48-,49-,50-,51-,52-,53-,54-,55-;/m0./s1. The highest BCUT2D eigenvalue weighted by Gasteiger charge is 2.38. The molecule has 0 aliphatic rings. The zero-order valence-corrected chi connectivity index (χ0v) is 66.9. The number of aromatic amines is 1. The van der Waals surface area contributed by atoms with E-state index in [1.54, 1.807) is 80.9 Å². The van der Waals surface area contributed by atoms with E-state index in [9.17, 15) is 127 Å². The van der Waals surface area contributed by atoms with Gasteiger partial charge in [-0.2, -0.15) is 11.8 Å². The topological polar surface area (TPSA) is 715 Å². The zero-order valence-electron chi connectivity index (χ0n) is 66.1. The first kappa shape index (κ1) is 101. The lowest BCUT2D eigenvalue weighted by Gasteiger charge is -2.27. The van der Waals surface area contributed by atoms with Crippen molar-refractivity contribution in [1.82, 2.24) is 68.8 Å². The average Bonchev–Trinajstić information content (AvgIpc) is 1.64. The van der Waals surface area contributed by atoms with Gasteiger partial charge in [-0.05, 0) is 105 Å². The van der Waals surface area contributed by atoms with Crippen molar-refractivity contribution in [1.29, 1.82) is 0 Å². The van der Waals surface area contributed by atoms with Gasteiger partial charge >= 0.3 is 35.8 Å². The van der Waals surface area contributed by atoms with Crippen molar-refractivity contribution in [2.75, 3.05) is 18.6 Å². The number of hydrogen-bond donors (Lipinski definition) is 23. The van der Waals surface area contributed by atoms with Crippen LogP contribution in [0.15, 0.2) is 85.1 Å². The fourth-order valence-electron chi connectivity index (χ4n) is 11.5. The molecule has 25 N–H and O–H groups in total. The molecule has 43 nitrogen and oxygen atoms in total. The molecule has 0 aliphatic carbocycles. The molecule has 12 atom stereocenters. The molecule has 13 amide bonds. The predicted octanol–water partition coefficient (Wildman–Crippen LogP) is -3.13. The van der Waals surface area contributed by atoms with E-state index in [2.05, 4.69) is 68.8 Å². The Hall–Kier alpha value is -13.3. The molecule has 0 saturated carbocycles. The smallest absolute Gasteiger partial charge is 0.305 e. The van der Waals surface area contributed by atoms with Gasteiger partial charge < -0.3 is 121 Å². The van der Waals surface area contributed by atoms with Crippen LogP contribution in [-0.2, 0) is 115 Å². The molecule has 4 aromatic rings. The lowest BCUT2D eigenvalue weighted by Crippen LogP contribution is -2.60. The number of aromatic hydroxyl groups is 1. The summed E-state index contributed by atoms with van der Waals surface area (Å²) in [6, 6.07) is 0.00107. The van der Waals surface area contributed by atoms with Crippen LogP contribution in [0.1, 0.15) is 128 Å². The van der Waals surface area contributed by atoms with Gasteiger partial charge in [-0.1, -0.05) is 74.5 Å². The van der Waals surface area contributed by atoms with Crippen LogP contribution in [0, 0.1) is 5.92 Å². The Balaban J connectivity index is 0.00000908. The molecule has 3 aromatic carbocycles. The van der Waals surface area contributed by atoms with Crippen LogP contribution >= 0.6 is 11.8 Å². The van der Waals surface area contributed by atoms with Crippen molar-refractivity contribution >= 4 is 141 Å². The number of fused-ring (bicyclic) bond motifs is 1. The molecular weight excluding hydrogens is 1600 g/mol. The maximum Gasteiger partial charge on any atom is 0.305 e. The SMILES string of the molecule is CC(=O)O.CSCC[C@H](NC(=O)[C@H](Cc1c[nH]c2ccccc12)NC(=O)CNC(=O)[C@H](Cc1ccc(O)cc1)NC(=O)[C@H](C)NC(=O)[C@H](CCC(=O)O)NC(=O)[C@H](CCC(=O)O)NC(=O)[C@H](CCC(=O)O)NC(=O)[C@H](CCC(=O)O)NC(=O)[C@H](CCC(=O)O)NC(=O)[C@@H](N)CC(C)C)C(=O)N[C@@H](CC(=O)O)C(=O)N[C@@H](Cc1ccccc1)C(N)=O. The Morgan fingerprint density at radius 1 is 0.400 bits per heavy atom. The molecule has 0 unspecified atom stereocenters.